The highest BCUT2D eigenvalue weighted by molar-refractivity contribution is 7.59. The Bertz CT molecular complexity index is 1030. The zero-order valence-electron chi connectivity index (χ0n) is 19.5. The molecule has 0 unspecified atom stereocenters. The van der Waals surface area contributed by atoms with Gasteiger partial charge in [0, 0.05) is 24.2 Å². The van der Waals surface area contributed by atoms with Crippen LogP contribution in [0, 0.1) is 0 Å². The van der Waals surface area contributed by atoms with Crippen LogP contribution in [-0.4, -0.2) is 57.8 Å². The molecule has 1 N–H and O–H groups in total. The Morgan fingerprint density at radius 3 is 2.47 bits per heavy atom. The van der Waals surface area contributed by atoms with E-state index in [1.807, 2.05) is 30.5 Å². The van der Waals surface area contributed by atoms with E-state index in [1.54, 1.807) is 11.6 Å². The molecular formula is C23H34N6O2S. The van der Waals surface area contributed by atoms with Gasteiger partial charge in [0.2, 0.25) is 5.95 Å². The van der Waals surface area contributed by atoms with Crippen molar-refractivity contribution in [2.75, 3.05) is 32.6 Å². The molecule has 0 aliphatic carbocycles. The molecule has 1 saturated heterocycles. The van der Waals surface area contributed by atoms with Crippen molar-refractivity contribution in [2.45, 2.75) is 51.7 Å². The zero-order chi connectivity index (χ0) is 22.0. The third-order valence-electron chi connectivity index (χ3n) is 5.89. The predicted molar refractivity (Wildman–Crippen MR) is 131 cm³/mol. The number of likely N-dealkylation sites (tertiary alicyclic amines) is 1. The SMILES string of the molecule is COc1ccccc1[C@H](C)Nc1nc(OC2CCN(C)CC2)nc2c(C(C)C)cnn12.S. The molecule has 0 bridgehead atoms. The molecule has 0 amide bonds. The molecule has 3 aromatic rings. The van der Waals surface area contributed by atoms with Gasteiger partial charge in [-0.1, -0.05) is 32.0 Å². The van der Waals surface area contributed by atoms with E-state index in [1.165, 1.54) is 0 Å². The van der Waals surface area contributed by atoms with E-state index in [0.29, 0.717) is 17.9 Å². The molecule has 32 heavy (non-hydrogen) atoms. The first-order valence-electron chi connectivity index (χ1n) is 11.0. The lowest BCUT2D eigenvalue weighted by Gasteiger charge is -2.28. The van der Waals surface area contributed by atoms with Gasteiger partial charge in [0.1, 0.15) is 11.9 Å². The molecule has 0 saturated carbocycles. The second kappa shape index (κ2) is 10.4. The van der Waals surface area contributed by atoms with Crippen molar-refractivity contribution in [3.63, 3.8) is 0 Å². The predicted octanol–water partition coefficient (Wildman–Crippen LogP) is 4.02. The number of hydrogen-bond donors (Lipinski definition) is 1. The minimum atomic E-state index is -0.0443. The smallest absolute Gasteiger partial charge is 0.322 e. The molecule has 9 heteroatoms. The molecule has 4 rings (SSSR count). The molecule has 1 aliphatic heterocycles. The van der Waals surface area contributed by atoms with Gasteiger partial charge >= 0.3 is 6.01 Å². The normalized spacial score (nSPS) is 16.1. The summed E-state index contributed by atoms with van der Waals surface area (Å²) in [6.45, 7) is 8.40. The summed E-state index contributed by atoms with van der Waals surface area (Å²) >= 11 is 0. The summed E-state index contributed by atoms with van der Waals surface area (Å²) in [4.78, 5) is 11.8. The maximum absolute atomic E-state index is 6.23. The third-order valence-corrected chi connectivity index (χ3v) is 5.89. The fourth-order valence-corrected chi connectivity index (χ4v) is 3.98. The minimum Gasteiger partial charge on any atom is -0.496 e. The van der Waals surface area contributed by atoms with Gasteiger partial charge in [-0.2, -0.15) is 33.1 Å². The number of para-hydroxylation sites is 1. The van der Waals surface area contributed by atoms with E-state index in [4.69, 9.17) is 19.4 Å². The average Bonchev–Trinajstić information content (AvgIpc) is 3.20. The number of hydrogen-bond acceptors (Lipinski definition) is 7. The Kier molecular flexibility index (Phi) is 7.84. The van der Waals surface area contributed by atoms with Gasteiger partial charge < -0.3 is 19.7 Å². The first kappa shape index (κ1) is 24.1. The maximum Gasteiger partial charge on any atom is 0.322 e. The number of ether oxygens (including phenoxy) is 2. The number of piperidine rings is 1. The second-order valence-electron chi connectivity index (χ2n) is 8.55. The van der Waals surface area contributed by atoms with Crippen molar-refractivity contribution >= 4 is 25.1 Å². The lowest BCUT2D eigenvalue weighted by Crippen LogP contribution is -2.36. The molecule has 1 aliphatic rings. The summed E-state index contributed by atoms with van der Waals surface area (Å²) in [5, 5.41) is 8.06. The molecule has 174 valence electrons. The van der Waals surface area contributed by atoms with Gasteiger partial charge in [-0.25, -0.2) is 0 Å². The fraction of sp³-hybridized carbons (Fsp3) is 0.522. The number of aromatic nitrogens is 4. The van der Waals surface area contributed by atoms with Crippen LogP contribution in [0.1, 0.15) is 56.7 Å². The van der Waals surface area contributed by atoms with Crippen LogP contribution in [0.15, 0.2) is 30.5 Å². The number of methoxy groups -OCH3 is 1. The quantitative estimate of drug-likeness (QED) is 0.573. The van der Waals surface area contributed by atoms with Crippen molar-refractivity contribution < 1.29 is 9.47 Å². The van der Waals surface area contributed by atoms with Crippen LogP contribution in [0.3, 0.4) is 0 Å². The van der Waals surface area contributed by atoms with Gasteiger partial charge in [0.15, 0.2) is 5.65 Å². The maximum atomic E-state index is 6.23. The number of nitrogens with zero attached hydrogens (tertiary/aromatic N) is 5. The monoisotopic (exact) mass is 458 g/mol. The van der Waals surface area contributed by atoms with Crippen molar-refractivity contribution in [3.8, 4) is 11.8 Å². The summed E-state index contributed by atoms with van der Waals surface area (Å²) in [6, 6.07) is 8.34. The molecule has 0 spiro atoms. The Labute approximate surface area is 196 Å². The van der Waals surface area contributed by atoms with Gasteiger partial charge in [0.25, 0.3) is 0 Å². The number of benzene rings is 1. The summed E-state index contributed by atoms with van der Waals surface area (Å²) in [5.41, 5.74) is 2.90. The molecule has 3 heterocycles. The van der Waals surface area contributed by atoms with Crippen LogP contribution in [0.2, 0.25) is 0 Å². The first-order chi connectivity index (χ1) is 15.0. The van der Waals surface area contributed by atoms with Gasteiger partial charge in [-0.05, 0) is 38.8 Å². The van der Waals surface area contributed by atoms with E-state index in [-0.39, 0.29) is 25.6 Å². The largest absolute Gasteiger partial charge is 0.496 e. The van der Waals surface area contributed by atoms with E-state index >= 15 is 0 Å². The first-order valence-corrected chi connectivity index (χ1v) is 11.0. The van der Waals surface area contributed by atoms with Crippen molar-refractivity contribution in [2.24, 2.45) is 0 Å². The van der Waals surface area contributed by atoms with E-state index in [2.05, 4.69) is 43.1 Å². The Hall–Kier alpha value is -2.52. The van der Waals surface area contributed by atoms with Gasteiger partial charge in [-0.3, -0.25) is 0 Å². The van der Waals surface area contributed by atoms with Crippen molar-refractivity contribution in [3.05, 3.63) is 41.6 Å². The second-order valence-corrected chi connectivity index (χ2v) is 8.55. The van der Waals surface area contributed by atoms with Crippen LogP contribution in [0.4, 0.5) is 5.95 Å². The van der Waals surface area contributed by atoms with Crippen molar-refractivity contribution in [1.82, 2.24) is 24.5 Å². The molecule has 1 aromatic carbocycles. The van der Waals surface area contributed by atoms with Crippen molar-refractivity contribution in [1.29, 1.82) is 0 Å². The van der Waals surface area contributed by atoms with Gasteiger partial charge in [-0.15, -0.1) is 0 Å². The van der Waals surface area contributed by atoms with E-state index in [0.717, 1.165) is 48.5 Å². The standard InChI is InChI=1S/C23H32N6O2.H2S/c1-15(2)19-14-24-29-21(19)26-23(31-17-10-12-28(4)13-11-17)27-22(29)25-16(3)18-8-6-7-9-20(18)30-5;/h6-9,14-17H,10-13H2,1-5H3,(H,25,26,27);1H2/t16-;/m0./s1. The minimum absolute atomic E-state index is 0. The lowest BCUT2D eigenvalue weighted by atomic mass is 10.1. The summed E-state index contributed by atoms with van der Waals surface area (Å²) in [5.74, 6) is 1.74. The van der Waals surface area contributed by atoms with E-state index in [9.17, 15) is 0 Å². The highest BCUT2D eigenvalue weighted by Gasteiger charge is 2.22. The van der Waals surface area contributed by atoms with Crippen LogP contribution in [-0.2, 0) is 0 Å². The lowest BCUT2D eigenvalue weighted by molar-refractivity contribution is 0.105. The zero-order valence-corrected chi connectivity index (χ0v) is 20.5. The third kappa shape index (κ3) is 5.10. The van der Waals surface area contributed by atoms with Crippen LogP contribution < -0.4 is 14.8 Å². The summed E-state index contributed by atoms with van der Waals surface area (Å²) in [6.07, 6.45) is 3.94. The molecular weight excluding hydrogens is 424 g/mol. The molecule has 2 aromatic heterocycles. The van der Waals surface area contributed by atoms with Gasteiger partial charge in [0.05, 0.1) is 19.3 Å². The Morgan fingerprint density at radius 2 is 1.78 bits per heavy atom. The average molecular weight is 459 g/mol. The summed E-state index contributed by atoms with van der Waals surface area (Å²) in [7, 11) is 3.83. The Balaban J connectivity index is 0.00000289. The molecule has 1 atom stereocenters. The fourth-order valence-electron chi connectivity index (χ4n) is 3.98. The number of rotatable bonds is 7. The Morgan fingerprint density at radius 1 is 1.06 bits per heavy atom. The number of nitrogens with one attached hydrogen (secondary N) is 1. The van der Waals surface area contributed by atoms with Crippen LogP contribution >= 0.6 is 13.5 Å². The number of anilines is 1. The number of fused-ring (bicyclic) bond motifs is 1. The topological polar surface area (TPSA) is 76.8 Å². The molecule has 0 radical (unpaired) electrons. The summed E-state index contributed by atoms with van der Waals surface area (Å²) < 4.78 is 13.5. The molecule has 8 nitrogen and oxygen atoms in total. The van der Waals surface area contributed by atoms with Crippen LogP contribution in [0.5, 0.6) is 11.8 Å². The molecule has 1 fully saturated rings. The van der Waals surface area contributed by atoms with Crippen LogP contribution in [0.25, 0.3) is 5.65 Å². The highest BCUT2D eigenvalue weighted by atomic mass is 32.1. The highest BCUT2D eigenvalue weighted by Crippen LogP contribution is 2.29. The van der Waals surface area contributed by atoms with E-state index < -0.39 is 0 Å².